The number of carbonyl (C=O) groups is 1. The molecule has 0 saturated carbocycles. The molecule has 0 bridgehead atoms. The molecule has 2 N–H and O–H groups in total. The molecule has 1 aliphatic rings. The summed E-state index contributed by atoms with van der Waals surface area (Å²) in [5, 5.41) is 1.41. The first-order valence-electron chi connectivity index (χ1n) is 6.80. The lowest BCUT2D eigenvalue weighted by Gasteiger charge is -2.18. The van der Waals surface area contributed by atoms with Gasteiger partial charge in [0.1, 0.15) is 0 Å². The van der Waals surface area contributed by atoms with Gasteiger partial charge in [0.15, 0.2) is 11.5 Å². The first-order chi connectivity index (χ1) is 11.1. The Balaban J connectivity index is 2.54. The van der Waals surface area contributed by atoms with Crippen molar-refractivity contribution in [2.24, 2.45) is 5.73 Å². The molecule has 0 amide bonds. The van der Waals surface area contributed by atoms with Gasteiger partial charge in [0.2, 0.25) is 5.75 Å². The van der Waals surface area contributed by atoms with E-state index in [0.29, 0.717) is 33.9 Å². The summed E-state index contributed by atoms with van der Waals surface area (Å²) in [6, 6.07) is 1.77. The van der Waals surface area contributed by atoms with E-state index in [-0.39, 0.29) is 11.3 Å². The summed E-state index contributed by atoms with van der Waals surface area (Å²) in [7, 11) is 5.82. The van der Waals surface area contributed by atoms with Crippen LogP contribution >= 0.6 is 0 Å². The van der Waals surface area contributed by atoms with Crippen molar-refractivity contribution in [1.82, 2.24) is 4.98 Å². The summed E-state index contributed by atoms with van der Waals surface area (Å²) in [6.07, 6.45) is 1.60. The van der Waals surface area contributed by atoms with E-state index in [1.165, 1.54) is 28.4 Å². The van der Waals surface area contributed by atoms with E-state index in [2.05, 4.69) is 4.98 Å². The van der Waals surface area contributed by atoms with Crippen LogP contribution in [0.2, 0.25) is 0 Å². The van der Waals surface area contributed by atoms with Crippen molar-refractivity contribution in [3.05, 3.63) is 23.5 Å². The van der Waals surface area contributed by atoms with Gasteiger partial charge in [0, 0.05) is 22.5 Å². The first-order valence-corrected chi connectivity index (χ1v) is 6.80. The molecular weight excluding hydrogens is 300 g/mol. The topological polar surface area (TPSA) is 92.9 Å². The molecule has 0 saturated heterocycles. The van der Waals surface area contributed by atoms with Crippen molar-refractivity contribution >= 4 is 28.0 Å². The molecule has 3 rings (SSSR count). The fourth-order valence-corrected chi connectivity index (χ4v) is 2.95. The molecule has 1 aromatic carbocycles. The fourth-order valence-electron chi connectivity index (χ4n) is 2.95. The Hall–Kier alpha value is -2.96. The van der Waals surface area contributed by atoms with Gasteiger partial charge in [-0.25, -0.2) is 4.79 Å². The number of nitrogens with zero attached hydrogens (tertiary/aromatic N) is 1. The Morgan fingerprint density at radius 3 is 2.26 bits per heavy atom. The van der Waals surface area contributed by atoms with Gasteiger partial charge in [-0.15, -0.1) is 0 Å². The van der Waals surface area contributed by atoms with E-state index in [9.17, 15) is 4.79 Å². The van der Waals surface area contributed by atoms with E-state index in [1.54, 1.807) is 12.3 Å². The van der Waals surface area contributed by atoms with E-state index in [4.69, 9.17) is 24.7 Å². The maximum Gasteiger partial charge on any atom is 0.340 e. The Morgan fingerprint density at radius 1 is 1.04 bits per heavy atom. The molecule has 0 spiro atoms. The van der Waals surface area contributed by atoms with Gasteiger partial charge in [-0.05, 0) is 6.07 Å². The number of hydrogen-bond acceptors (Lipinski definition) is 7. The third-order valence-electron chi connectivity index (χ3n) is 3.86. The van der Waals surface area contributed by atoms with Gasteiger partial charge in [-0.2, -0.15) is 0 Å². The SMILES string of the molecule is COC(=O)C1=C(N)c2nccc3c(OC)c(OC)c(OC)c1c23. The minimum Gasteiger partial charge on any atom is -0.492 e. The summed E-state index contributed by atoms with van der Waals surface area (Å²) in [6.45, 7) is 0. The van der Waals surface area contributed by atoms with E-state index in [0.717, 1.165) is 5.39 Å². The molecule has 23 heavy (non-hydrogen) atoms. The molecule has 0 atom stereocenters. The maximum absolute atomic E-state index is 12.2. The van der Waals surface area contributed by atoms with Crippen molar-refractivity contribution < 1.29 is 23.7 Å². The van der Waals surface area contributed by atoms with Crippen molar-refractivity contribution in [2.45, 2.75) is 0 Å². The number of aromatic nitrogens is 1. The highest BCUT2D eigenvalue weighted by molar-refractivity contribution is 6.33. The molecule has 7 nitrogen and oxygen atoms in total. The van der Waals surface area contributed by atoms with Crippen LogP contribution in [-0.4, -0.2) is 39.4 Å². The number of esters is 1. The summed E-state index contributed by atoms with van der Waals surface area (Å²) < 4.78 is 21.3. The number of benzene rings is 1. The molecule has 0 aliphatic heterocycles. The van der Waals surface area contributed by atoms with Gasteiger partial charge in [-0.1, -0.05) is 0 Å². The number of carbonyl (C=O) groups excluding carboxylic acids is 1. The van der Waals surface area contributed by atoms with Crippen LogP contribution in [0.15, 0.2) is 12.3 Å². The predicted molar refractivity (Wildman–Crippen MR) is 84.4 cm³/mol. The number of ether oxygens (including phenoxy) is 4. The number of rotatable bonds is 4. The second-order valence-corrected chi connectivity index (χ2v) is 4.84. The zero-order valence-corrected chi connectivity index (χ0v) is 13.2. The third-order valence-corrected chi connectivity index (χ3v) is 3.86. The molecule has 0 unspecified atom stereocenters. The second kappa shape index (κ2) is 5.35. The minimum absolute atomic E-state index is 0.212. The van der Waals surface area contributed by atoms with Crippen molar-refractivity contribution in [3.63, 3.8) is 0 Å². The van der Waals surface area contributed by atoms with Crippen LogP contribution in [0.1, 0.15) is 11.3 Å². The zero-order valence-electron chi connectivity index (χ0n) is 13.2. The lowest BCUT2D eigenvalue weighted by Crippen LogP contribution is -2.08. The average molecular weight is 316 g/mol. The van der Waals surface area contributed by atoms with Crippen LogP contribution < -0.4 is 19.9 Å². The highest BCUT2D eigenvalue weighted by atomic mass is 16.5. The monoisotopic (exact) mass is 316 g/mol. The molecule has 1 heterocycles. The number of pyridine rings is 1. The molecule has 7 heteroatoms. The normalized spacial score (nSPS) is 12.5. The van der Waals surface area contributed by atoms with Gasteiger partial charge in [0.25, 0.3) is 0 Å². The van der Waals surface area contributed by atoms with Gasteiger partial charge in [0.05, 0.1) is 45.4 Å². The van der Waals surface area contributed by atoms with Gasteiger partial charge in [-0.3, -0.25) is 4.98 Å². The maximum atomic E-state index is 12.2. The molecule has 0 fully saturated rings. The smallest absolute Gasteiger partial charge is 0.340 e. The molecule has 2 aromatic rings. The molecule has 0 radical (unpaired) electrons. The zero-order chi connectivity index (χ0) is 16.7. The number of nitrogens with two attached hydrogens (primary N) is 1. The Morgan fingerprint density at radius 2 is 1.70 bits per heavy atom. The Kier molecular flexibility index (Phi) is 3.48. The van der Waals surface area contributed by atoms with E-state index < -0.39 is 5.97 Å². The second-order valence-electron chi connectivity index (χ2n) is 4.84. The lowest BCUT2D eigenvalue weighted by molar-refractivity contribution is -0.133. The van der Waals surface area contributed by atoms with E-state index in [1.807, 2.05) is 0 Å². The highest BCUT2D eigenvalue weighted by Crippen LogP contribution is 2.53. The third kappa shape index (κ3) is 1.82. The summed E-state index contributed by atoms with van der Waals surface area (Å²) in [5.41, 5.74) is 7.61. The number of hydrogen-bond donors (Lipinski definition) is 1. The van der Waals surface area contributed by atoms with Crippen LogP contribution in [0.4, 0.5) is 0 Å². The van der Waals surface area contributed by atoms with Crippen LogP contribution in [0.3, 0.4) is 0 Å². The lowest BCUT2D eigenvalue weighted by atomic mass is 10.0. The molecule has 1 aliphatic carbocycles. The largest absolute Gasteiger partial charge is 0.492 e. The standard InChI is InChI=1S/C16H16N2O5/c1-20-13-7-5-6-18-12-8(7)9(14(21-2)15(13)22-3)10(11(12)17)16(19)23-4/h5-6H,17H2,1-4H3. The molecular formula is C16H16N2O5. The Bertz CT molecular complexity index is 857. The van der Waals surface area contributed by atoms with Gasteiger partial charge >= 0.3 is 5.97 Å². The summed E-state index contributed by atoms with van der Waals surface area (Å²) >= 11 is 0. The van der Waals surface area contributed by atoms with Crippen molar-refractivity contribution in [2.75, 3.05) is 28.4 Å². The molecule has 120 valence electrons. The van der Waals surface area contributed by atoms with Crippen molar-refractivity contribution in [3.8, 4) is 17.2 Å². The molecule has 1 aromatic heterocycles. The first kappa shape index (κ1) is 15.0. The van der Waals surface area contributed by atoms with Crippen molar-refractivity contribution in [1.29, 1.82) is 0 Å². The average Bonchev–Trinajstić information content (AvgIpc) is 2.88. The minimum atomic E-state index is -0.563. The summed E-state index contributed by atoms with van der Waals surface area (Å²) in [5.74, 6) is 0.663. The van der Waals surface area contributed by atoms with Crippen LogP contribution in [0.5, 0.6) is 17.2 Å². The predicted octanol–water partition coefficient (Wildman–Crippen LogP) is 1.57. The van der Waals surface area contributed by atoms with Crippen LogP contribution in [-0.2, 0) is 9.53 Å². The fraction of sp³-hybridized carbons (Fsp3) is 0.250. The van der Waals surface area contributed by atoms with Gasteiger partial charge < -0.3 is 24.7 Å². The van der Waals surface area contributed by atoms with Crippen LogP contribution in [0, 0.1) is 0 Å². The number of methoxy groups -OCH3 is 4. The quantitative estimate of drug-likeness (QED) is 0.856. The van der Waals surface area contributed by atoms with E-state index >= 15 is 0 Å². The summed E-state index contributed by atoms with van der Waals surface area (Å²) in [4.78, 5) is 16.5. The highest BCUT2D eigenvalue weighted by Gasteiger charge is 2.36. The Labute approximate surface area is 132 Å². The van der Waals surface area contributed by atoms with Crippen LogP contribution in [0.25, 0.3) is 22.0 Å².